The van der Waals surface area contributed by atoms with Crippen molar-refractivity contribution in [2.45, 2.75) is 11.8 Å². The molecule has 1 amide bonds. The lowest BCUT2D eigenvalue weighted by molar-refractivity contribution is 0.102. The van der Waals surface area contributed by atoms with Crippen LogP contribution in [-0.2, 0) is 20.0 Å². The highest BCUT2D eigenvalue weighted by molar-refractivity contribution is 7.92. The lowest BCUT2D eigenvalue weighted by atomic mass is 10.1. The lowest BCUT2D eigenvalue weighted by Crippen LogP contribution is -2.48. The average molecular weight is 467 g/mol. The molecule has 0 unspecified atom stereocenters. The fraction of sp³-hybridized carbons (Fsp3) is 0.350. The van der Waals surface area contributed by atoms with Crippen LogP contribution in [0.1, 0.15) is 17.3 Å². The molecule has 168 valence electrons. The van der Waals surface area contributed by atoms with Gasteiger partial charge < -0.3 is 10.2 Å². The van der Waals surface area contributed by atoms with Gasteiger partial charge in [-0.2, -0.15) is 4.31 Å². The van der Waals surface area contributed by atoms with Crippen LogP contribution in [0.4, 0.5) is 11.4 Å². The van der Waals surface area contributed by atoms with Crippen LogP contribution in [0, 0.1) is 0 Å². The molecule has 1 saturated heterocycles. The van der Waals surface area contributed by atoms with Crippen molar-refractivity contribution in [2.75, 3.05) is 49.0 Å². The molecule has 0 saturated carbocycles. The van der Waals surface area contributed by atoms with Crippen LogP contribution in [0.25, 0.3) is 0 Å². The largest absolute Gasteiger partial charge is 0.322 e. The van der Waals surface area contributed by atoms with E-state index in [1.165, 1.54) is 28.6 Å². The summed E-state index contributed by atoms with van der Waals surface area (Å²) in [5, 5.41) is 2.65. The molecule has 1 aliphatic rings. The van der Waals surface area contributed by atoms with E-state index in [4.69, 9.17) is 0 Å². The van der Waals surface area contributed by atoms with E-state index in [0.717, 1.165) is 12.8 Å². The lowest BCUT2D eigenvalue weighted by Gasteiger charge is -2.33. The summed E-state index contributed by atoms with van der Waals surface area (Å²) in [4.78, 5) is 15.0. The van der Waals surface area contributed by atoms with Gasteiger partial charge in [0.1, 0.15) is 0 Å². The summed E-state index contributed by atoms with van der Waals surface area (Å²) in [5.41, 5.74) is 0.560. The molecule has 9 nitrogen and oxygen atoms in total. The predicted molar refractivity (Wildman–Crippen MR) is 120 cm³/mol. The standard InChI is InChI=1S/C20H26N4O5S2/c1-3-23-11-13-24(14-12-23)31(28,29)17-8-6-7-16(15-17)21-20(25)18-9-4-5-10-19(18)22-30(2,26)27/h4-10,15,22H,3,11-14H2,1-2H3,(H,21,25). The third kappa shape index (κ3) is 5.82. The predicted octanol–water partition coefficient (Wildman–Crippen LogP) is 1.64. The van der Waals surface area contributed by atoms with Gasteiger partial charge in [-0.15, -0.1) is 0 Å². The van der Waals surface area contributed by atoms with Gasteiger partial charge in [0.15, 0.2) is 0 Å². The van der Waals surface area contributed by atoms with Gasteiger partial charge in [0.05, 0.1) is 22.4 Å². The minimum atomic E-state index is -3.69. The number of nitrogens with one attached hydrogen (secondary N) is 2. The molecular weight excluding hydrogens is 440 g/mol. The number of hydrogen-bond acceptors (Lipinski definition) is 6. The maximum Gasteiger partial charge on any atom is 0.257 e. The number of anilines is 2. The van der Waals surface area contributed by atoms with Gasteiger partial charge in [-0.05, 0) is 36.9 Å². The van der Waals surface area contributed by atoms with Gasteiger partial charge in [-0.25, -0.2) is 16.8 Å². The molecule has 1 aliphatic heterocycles. The number of hydrogen-bond donors (Lipinski definition) is 2. The Hall–Kier alpha value is -2.47. The number of likely N-dealkylation sites (N-methyl/N-ethyl adjacent to an activating group) is 1. The third-order valence-electron chi connectivity index (χ3n) is 4.98. The molecule has 1 fully saturated rings. The molecule has 1 heterocycles. The van der Waals surface area contributed by atoms with Crippen LogP contribution < -0.4 is 10.0 Å². The van der Waals surface area contributed by atoms with Gasteiger partial charge in [-0.3, -0.25) is 9.52 Å². The van der Waals surface area contributed by atoms with Crippen molar-refractivity contribution in [3.05, 3.63) is 54.1 Å². The van der Waals surface area contributed by atoms with E-state index in [9.17, 15) is 21.6 Å². The van der Waals surface area contributed by atoms with Crippen LogP contribution in [0.3, 0.4) is 0 Å². The number of para-hydroxylation sites is 1. The quantitative estimate of drug-likeness (QED) is 0.641. The molecule has 31 heavy (non-hydrogen) atoms. The van der Waals surface area contributed by atoms with E-state index >= 15 is 0 Å². The van der Waals surface area contributed by atoms with Gasteiger partial charge in [0, 0.05) is 31.9 Å². The molecule has 2 aromatic rings. The molecule has 0 atom stereocenters. The monoisotopic (exact) mass is 466 g/mol. The second-order valence-electron chi connectivity index (χ2n) is 7.24. The van der Waals surface area contributed by atoms with E-state index in [0.29, 0.717) is 31.9 Å². The van der Waals surface area contributed by atoms with Crippen molar-refractivity contribution in [2.24, 2.45) is 0 Å². The maximum absolute atomic E-state index is 13.0. The Bertz CT molecular complexity index is 1160. The summed E-state index contributed by atoms with van der Waals surface area (Å²) >= 11 is 0. The third-order valence-corrected chi connectivity index (χ3v) is 7.46. The second kappa shape index (κ2) is 9.35. The molecular formula is C20H26N4O5S2. The number of amides is 1. The Labute approximate surface area is 183 Å². The van der Waals surface area contributed by atoms with Crippen molar-refractivity contribution in [3.63, 3.8) is 0 Å². The molecule has 3 rings (SSSR count). The number of rotatable bonds is 7. The molecule has 11 heteroatoms. The van der Waals surface area contributed by atoms with Crippen LogP contribution in [0.5, 0.6) is 0 Å². The maximum atomic E-state index is 13.0. The van der Waals surface area contributed by atoms with Crippen LogP contribution in [-0.4, -0.2) is 70.9 Å². The first kappa shape index (κ1) is 23.2. The first-order valence-corrected chi connectivity index (χ1v) is 13.1. The zero-order valence-electron chi connectivity index (χ0n) is 17.4. The minimum Gasteiger partial charge on any atom is -0.322 e. The van der Waals surface area contributed by atoms with Crippen molar-refractivity contribution >= 4 is 37.3 Å². The summed E-state index contributed by atoms with van der Waals surface area (Å²) < 4.78 is 52.9. The van der Waals surface area contributed by atoms with Crippen molar-refractivity contribution in [1.29, 1.82) is 0 Å². The molecule has 0 aliphatic carbocycles. The first-order chi connectivity index (χ1) is 14.6. The summed E-state index contributed by atoms with van der Waals surface area (Å²) in [6, 6.07) is 12.2. The molecule has 2 aromatic carbocycles. The van der Waals surface area contributed by atoms with E-state index < -0.39 is 26.0 Å². The Morgan fingerprint density at radius 3 is 2.29 bits per heavy atom. The van der Waals surface area contributed by atoms with E-state index in [2.05, 4.69) is 14.9 Å². The number of carbonyl (C=O) groups is 1. The first-order valence-electron chi connectivity index (χ1n) is 9.81. The van der Waals surface area contributed by atoms with Crippen LogP contribution >= 0.6 is 0 Å². The smallest absolute Gasteiger partial charge is 0.257 e. The zero-order chi connectivity index (χ0) is 22.6. The highest BCUT2D eigenvalue weighted by Gasteiger charge is 2.28. The number of sulfonamides is 2. The van der Waals surface area contributed by atoms with Gasteiger partial charge >= 0.3 is 0 Å². The van der Waals surface area contributed by atoms with Crippen molar-refractivity contribution in [3.8, 4) is 0 Å². The summed E-state index contributed by atoms with van der Waals surface area (Å²) in [6.07, 6.45) is 0.996. The second-order valence-corrected chi connectivity index (χ2v) is 10.9. The number of benzene rings is 2. The molecule has 2 N–H and O–H groups in total. The Balaban J connectivity index is 1.79. The topological polar surface area (TPSA) is 116 Å². The Morgan fingerprint density at radius 2 is 1.65 bits per heavy atom. The van der Waals surface area contributed by atoms with Gasteiger partial charge in [0.25, 0.3) is 5.91 Å². The summed E-state index contributed by atoms with van der Waals surface area (Å²) in [5.74, 6) is -0.558. The zero-order valence-corrected chi connectivity index (χ0v) is 19.0. The molecule has 0 spiro atoms. The van der Waals surface area contributed by atoms with Gasteiger partial charge in [0.2, 0.25) is 20.0 Å². The fourth-order valence-corrected chi connectivity index (χ4v) is 5.38. The van der Waals surface area contributed by atoms with Crippen molar-refractivity contribution in [1.82, 2.24) is 9.21 Å². The molecule has 0 radical (unpaired) electrons. The minimum absolute atomic E-state index is 0.0952. The normalized spacial score (nSPS) is 16.1. The number of piperazine rings is 1. The number of carbonyl (C=O) groups excluding carboxylic acids is 1. The van der Waals surface area contributed by atoms with Gasteiger partial charge in [-0.1, -0.05) is 25.1 Å². The van der Waals surface area contributed by atoms with Crippen LogP contribution in [0.15, 0.2) is 53.4 Å². The Kier molecular flexibility index (Phi) is 6.99. The highest BCUT2D eigenvalue weighted by Crippen LogP contribution is 2.23. The molecule has 0 bridgehead atoms. The van der Waals surface area contributed by atoms with Crippen molar-refractivity contribution < 1.29 is 21.6 Å². The van der Waals surface area contributed by atoms with Crippen LogP contribution in [0.2, 0.25) is 0 Å². The summed E-state index contributed by atoms with van der Waals surface area (Å²) in [6.45, 7) is 5.10. The Morgan fingerprint density at radius 1 is 0.968 bits per heavy atom. The van der Waals surface area contributed by atoms with E-state index in [1.54, 1.807) is 24.3 Å². The number of nitrogens with zero attached hydrogens (tertiary/aromatic N) is 2. The SMILES string of the molecule is CCN1CCN(S(=O)(=O)c2cccc(NC(=O)c3ccccc3NS(C)(=O)=O)c2)CC1. The molecule has 0 aromatic heterocycles. The average Bonchev–Trinajstić information content (AvgIpc) is 2.73. The van der Waals surface area contributed by atoms with E-state index in [-0.39, 0.29) is 16.1 Å². The van der Waals surface area contributed by atoms with E-state index in [1.807, 2.05) is 6.92 Å². The highest BCUT2D eigenvalue weighted by atomic mass is 32.2. The summed E-state index contributed by atoms with van der Waals surface area (Å²) in [7, 11) is -7.25. The fourth-order valence-electron chi connectivity index (χ4n) is 3.34.